The van der Waals surface area contributed by atoms with E-state index in [-0.39, 0.29) is 23.6 Å². The molecule has 140 valence electrons. The molecule has 1 aliphatic heterocycles. The first kappa shape index (κ1) is 19.9. The predicted molar refractivity (Wildman–Crippen MR) is 101 cm³/mol. The Kier molecular flexibility index (Phi) is 6.27. The summed E-state index contributed by atoms with van der Waals surface area (Å²) < 4.78 is 25.3. The number of amides is 1. The Morgan fingerprint density at radius 3 is 2.28 bits per heavy atom. The number of hydrogen-bond acceptors (Lipinski definition) is 3. The van der Waals surface area contributed by atoms with Gasteiger partial charge in [0.2, 0.25) is 15.9 Å². The molecule has 1 amide bonds. The molecule has 0 radical (unpaired) electrons. The largest absolute Gasteiger partial charge is 0.349 e. The number of sulfonamides is 1. The number of nitrogens with zero attached hydrogens (tertiary/aromatic N) is 1. The zero-order valence-electron chi connectivity index (χ0n) is 15.9. The third-order valence-corrected chi connectivity index (χ3v) is 7.17. The summed E-state index contributed by atoms with van der Waals surface area (Å²) in [6.07, 6.45) is 1.17. The fourth-order valence-electron chi connectivity index (χ4n) is 3.44. The van der Waals surface area contributed by atoms with E-state index >= 15 is 0 Å². The molecule has 1 aromatic rings. The van der Waals surface area contributed by atoms with E-state index in [0.29, 0.717) is 25.9 Å². The number of piperidine rings is 1. The molecule has 0 unspecified atom stereocenters. The third kappa shape index (κ3) is 4.61. The average Bonchev–Trinajstić information content (AvgIpc) is 2.58. The molecule has 5 nitrogen and oxygen atoms in total. The van der Waals surface area contributed by atoms with E-state index in [4.69, 9.17) is 0 Å². The summed E-state index contributed by atoms with van der Waals surface area (Å²) in [5.74, 6) is 0.0312. The second-order valence-electron chi connectivity index (χ2n) is 7.10. The quantitative estimate of drug-likeness (QED) is 0.871. The second kappa shape index (κ2) is 7.87. The van der Waals surface area contributed by atoms with Crippen molar-refractivity contribution in [2.45, 2.75) is 53.5 Å². The number of aryl methyl sites for hydroxylation is 3. The van der Waals surface area contributed by atoms with E-state index in [0.717, 1.165) is 5.56 Å². The van der Waals surface area contributed by atoms with Crippen LogP contribution in [0.25, 0.3) is 0 Å². The van der Waals surface area contributed by atoms with Gasteiger partial charge in [-0.05, 0) is 69.7 Å². The minimum absolute atomic E-state index is 0.0266. The minimum atomic E-state index is -3.15. The summed E-state index contributed by atoms with van der Waals surface area (Å²) in [5, 5.41) is 3.11. The Morgan fingerprint density at radius 1 is 1.16 bits per heavy atom. The van der Waals surface area contributed by atoms with E-state index in [1.807, 2.05) is 6.92 Å². The molecule has 1 atom stereocenters. The van der Waals surface area contributed by atoms with Gasteiger partial charge in [-0.25, -0.2) is 12.7 Å². The van der Waals surface area contributed by atoms with E-state index < -0.39 is 10.0 Å². The Hall–Kier alpha value is -1.40. The summed E-state index contributed by atoms with van der Waals surface area (Å²) in [6.45, 7) is 10.8. The van der Waals surface area contributed by atoms with Crippen LogP contribution in [0.4, 0.5) is 0 Å². The molecule has 0 spiro atoms. The van der Waals surface area contributed by atoms with Crippen LogP contribution in [0.15, 0.2) is 12.1 Å². The van der Waals surface area contributed by atoms with Crippen LogP contribution in [-0.2, 0) is 14.8 Å². The van der Waals surface area contributed by atoms with E-state index in [9.17, 15) is 13.2 Å². The van der Waals surface area contributed by atoms with Crippen LogP contribution in [-0.4, -0.2) is 37.5 Å². The van der Waals surface area contributed by atoms with Crippen molar-refractivity contribution in [1.29, 1.82) is 0 Å². The lowest BCUT2D eigenvalue weighted by Crippen LogP contribution is -2.43. The second-order valence-corrected chi connectivity index (χ2v) is 9.35. The fourth-order valence-corrected chi connectivity index (χ4v) is 4.57. The van der Waals surface area contributed by atoms with Crippen LogP contribution in [0.5, 0.6) is 0 Å². The Balaban J connectivity index is 1.98. The van der Waals surface area contributed by atoms with Crippen molar-refractivity contribution in [2.24, 2.45) is 5.92 Å². The first-order chi connectivity index (χ1) is 11.7. The summed E-state index contributed by atoms with van der Waals surface area (Å²) in [5.41, 5.74) is 4.80. The molecule has 2 rings (SSSR count). The number of rotatable bonds is 5. The van der Waals surface area contributed by atoms with Gasteiger partial charge in [-0.15, -0.1) is 0 Å². The smallest absolute Gasteiger partial charge is 0.223 e. The number of carbonyl (C=O) groups is 1. The highest BCUT2D eigenvalue weighted by atomic mass is 32.2. The lowest BCUT2D eigenvalue weighted by molar-refractivity contribution is -0.126. The molecule has 1 saturated heterocycles. The highest BCUT2D eigenvalue weighted by molar-refractivity contribution is 7.89. The van der Waals surface area contributed by atoms with Crippen LogP contribution in [0.3, 0.4) is 0 Å². The Bertz CT molecular complexity index is 735. The van der Waals surface area contributed by atoms with Crippen LogP contribution >= 0.6 is 0 Å². The van der Waals surface area contributed by atoms with Gasteiger partial charge in [0.1, 0.15) is 0 Å². The van der Waals surface area contributed by atoms with Gasteiger partial charge in [0.25, 0.3) is 0 Å². The van der Waals surface area contributed by atoms with Gasteiger partial charge in [-0.1, -0.05) is 12.1 Å². The van der Waals surface area contributed by atoms with Crippen molar-refractivity contribution in [3.8, 4) is 0 Å². The zero-order chi connectivity index (χ0) is 18.8. The molecule has 0 aliphatic carbocycles. The average molecular weight is 367 g/mol. The van der Waals surface area contributed by atoms with Crippen molar-refractivity contribution in [3.63, 3.8) is 0 Å². The molecule has 0 saturated carbocycles. The third-order valence-electron chi connectivity index (χ3n) is 5.29. The van der Waals surface area contributed by atoms with E-state index in [1.165, 1.54) is 21.0 Å². The van der Waals surface area contributed by atoms with Crippen LogP contribution < -0.4 is 5.32 Å². The molecule has 0 bridgehead atoms. The van der Waals surface area contributed by atoms with Crippen LogP contribution in [0, 0.1) is 26.7 Å². The lowest BCUT2D eigenvalue weighted by atomic mass is 9.94. The molecular formula is C19H30N2O3S. The van der Waals surface area contributed by atoms with Gasteiger partial charge in [0, 0.05) is 19.0 Å². The maximum Gasteiger partial charge on any atom is 0.223 e. The first-order valence-corrected chi connectivity index (χ1v) is 10.6. The zero-order valence-corrected chi connectivity index (χ0v) is 16.7. The normalized spacial score (nSPS) is 18.1. The molecule has 1 heterocycles. The summed E-state index contributed by atoms with van der Waals surface area (Å²) in [4.78, 5) is 12.6. The molecular weight excluding hydrogens is 336 g/mol. The van der Waals surface area contributed by atoms with Crippen molar-refractivity contribution in [1.82, 2.24) is 9.62 Å². The van der Waals surface area contributed by atoms with E-state index in [2.05, 4.69) is 38.2 Å². The monoisotopic (exact) mass is 366 g/mol. The maximum atomic E-state index is 12.6. The molecule has 0 aromatic heterocycles. The van der Waals surface area contributed by atoms with Crippen molar-refractivity contribution in [3.05, 3.63) is 34.4 Å². The predicted octanol–water partition coefficient (Wildman–Crippen LogP) is 2.85. The standard InChI is InChI=1S/C19H30N2O3S/c1-6-25(23,24)21-9-7-17(8-10-21)19(22)20-16(5)18-12-14(3)13(2)11-15(18)4/h11-12,16-17H,6-10H2,1-5H3,(H,20,22)/t16-/m1/s1. The lowest BCUT2D eigenvalue weighted by Gasteiger charge is -2.31. The molecule has 1 aliphatic rings. The Morgan fingerprint density at radius 2 is 1.72 bits per heavy atom. The molecule has 25 heavy (non-hydrogen) atoms. The summed E-state index contributed by atoms with van der Waals surface area (Å²) in [6, 6.07) is 4.25. The summed E-state index contributed by atoms with van der Waals surface area (Å²) >= 11 is 0. The minimum Gasteiger partial charge on any atom is -0.349 e. The van der Waals surface area contributed by atoms with Crippen LogP contribution in [0.2, 0.25) is 0 Å². The number of nitrogens with one attached hydrogen (secondary N) is 1. The first-order valence-electron chi connectivity index (χ1n) is 9.01. The molecule has 1 aromatic carbocycles. The topological polar surface area (TPSA) is 66.5 Å². The van der Waals surface area contributed by atoms with Crippen molar-refractivity contribution >= 4 is 15.9 Å². The van der Waals surface area contributed by atoms with E-state index in [1.54, 1.807) is 6.92 Å². The number of benzene rings is 1. The van der Waals surface area contributed by atoms with Gasteiger partial charge in [0.15, 0.2) is 0 Å². The van der Waals surface area contributed by atoms with Gasteiger partial charge < -0.3 is 5.32 Å². The van der Waals surface area contributed by atoms with Gasteiger partial charge in [-0.2, -0.15) is 0 Å². The van der Waals surface area contributed by atoms with Crippen molar-refractivity contribution in [2.75, 3.05) is 18.8 Å². The highest BCUT2D eigenvalue weighted by Gasteiger charge is 2.30. The Labute approximate surface area is 151 Å². The van der Waals surface area contributed by atoms with Gasteiger partial charge in [0.05, 0.1) is 11.8 Å². The molecule has 1 fully saturated rings. The van der Waals surface area contributed by atoms with Crippen LogP contribution in [0.1, 0.15) is 55.0 Å². The van der Waals surface area contributed by atoms with Gasteiger partial charge in [-0.3, -0.25) is 4.79 Å². The fraction of sp³-hybridized carbons (Fsp3) is 0.632. The SMILES string of the molecule is CCS(=O)(=O)N1CCC(C(=O)N[C@H](C)c2cc(C)c(C)cc2C)CC1. The molecule has 6 heteroatoms. The van der Waals surface area contributed by atoms with Gasteiger partial charge >= 0.3 is 0 Å². The summed E-state index contributed by atoms with van der Waals surface area (Å²) in [7, 11) is -3.15. The van der Waals surface area contributed by atoms with Crippen molar-refractivity contribution < 1.29 is 13.2 Å². The highest BCUT2D eigenvalue weighted by Crippen LogP contribution is 2.24. The number of carbonyl (C=O) groups excluding carboxylic acids is 1. The number of hydrogen-bond donors (Lipinski definition) is 1. The molecule has 1 N–H and O–H groups in total. The maximum absolute atomic E-state index is 12.6.